The Morgan fingerprint density at radius 3 is 2.15 bits per heavy atom. The zero-order chi connectivity index (χ0) is 19.7. The highest BCUT2D eigenvalue weighted by molar-refractivity contribution is 6.77. The topological polar surface area (TPSA) is 35.5 Å². The molecule has 0 N–H and O–H groups in total. The van der Waals surface area contributed by atoms with Crippen LogP contribution in [-0.4, -0.2) is 33.4 Å². The molecule has 0 bridgehead atoms. The summed E-state index contributed by atoms with van der Waals surface area (Å²) in [6.07, 6.45) is 10.5. The van der Waals surface area contributed by atoms with Crippen LogP contribution in [0, 0.1) is 5.92 Å². The zero-order valence-corrected chi connectivity index (χ0v) is 19.2. The van der Waals surface area contributed by atoms with E-state index >= 15 is 0 Å². The second kappa shape index (κ2) is 11.4. The standard InChI is InChI=1S/C22H42O3Si/c1-17(2)26(18(3)4,19(5)6)24-16-10-12-22-20(7)13-14-21(25-22)11-8-9-15-23/h13-15,17-22H,8-12,16H2,1-7H3/t20-,21+,22+/m0/s1. The molecule has 1 aliphatic rings. The van der Waals surface area contributed by atoms with E-state index < -0.39 is 8.32 Å². The molecule has 4 heteroatoms. The van der Waals surface area contributed by atoms with Gasteiger partial charge in [0.25, 0.3) is 0 Å². The summed E-state index contributed by atoms with van der Waals surface area (Å²) in [5.74, 6) is 0.458. The quantitative estimate of drug-likeness (QED) is 0.172. The van der Waals surface area contributed by atoms with E-state index in [0.717, 1.165) is 38.6 Å². The largest absolute Gasteiger partial charge is 0.416 e. The maximum atomic E-state index is 10.5. The molecule has 0 spiro atoms. The molecule has 0 saturated heterocycles. The van der Waals surface area contributed by atoms with Crippen molar-refractivity contribution in [2.75, 3.05) is 6.61 Å². The predicted molar refractivity (Wildman–Crippen MR) is 113 cm³/mol. The van der Waals surface area contributed by atoms with E-state index in [2.05, 4.69) is 60.6 Å². The third-order valence-electron chi connectivity index (χ3n) is 6.07. The van der Waals surface area contributed by atoms with Gasteiger partial charge in [-0.15, -0.1) is 0 Å². The van der Waals surface area contributed by atoms with Crippen molar-refractivity contribution in [3.8, 4) is 0 Å². The van der Waals surface area contributed by atoms with Gasteiger partial charge in [-0.05, 0) is 42.3 Å². The van der Waals surface area contributed by atoms with Crippen LogP contribution < -0.4 is 0 Å². The van der Waals surface area contributed by atoms with Crippen molar-refractivity contribution in [2.24, 2.45) is 5.92 Å². The first kappa shape index (κ1) is 23.6. The Bertz CT molecular complexity index is 409. The summed E-state index contributed by atoms with van der Waals surface area (Å²) < 4.78 is 12.9. The predicted octanol–water partition coefficient (Wildman–Crippen LogP) is 6.29. The van der Waals surface area contributed by atoms with E-state index in [1.807, 2.05) is 0 Å². The summed E-state index contributed by atoms with van der Waals surface area (Å²) in [5, 5.41) is 0. The van der Waals surface area contributed by atoms with Crippen molar-refractivity contribution in [1.82, 2.24) is 0 Å². The van der Waals surface area contributed by atoms with Crippen molar-refractivity contribution in [1.29, 1.82) is 0 Å². The summed E-state index contributed by atoms with van der Waals surface area (Å²) in [5.41, 5.74) is 1.91. The van der Waals surface area contributed by atoms with Gasteiger partial charge >= 0.3 is 0 Å². The first-order chi connectivity index (χ1) is 12.3. The van der Waals surface area contributed by atoms with Gasteiger partial charge in [-0.2, -0.15) is 0 Å². The fraction of sp³-hybridized carbons (Fsp3) is 0.864. The number of unbranched alkanes of at least 4 members (excludes halogenated alkanes) is 1. The Hall–Kier alpha value is -0.453. The molecule has 0 radical (unpaired) electrons. The molecule has 0 aromatic heterocycles. The van der Waals surface area contributed by atoms with Gasteiger partial charge in [0.15, 0.2) is 8.32 Å². The van der Waals surface area contributed by atoms with Crippen LogP contribution in [0.4, 0.5) is 0 Å². The van der Waals surface area contributed by atoms with E-state index in [9.17, 15) is 4.79 Å². The van der Waals surface area contributed by atoms with Gasteiger partial charge in [0, 0.05) is 18.9 Å². The van der Waals surface area contributed by atoms with Gasteiger partial charge in [0.1, 0.15) is 6.29 Å². The highest BCUT2D eigenvalue weighted by Crippen LogP contribution is 2.42. The molecule has 152 valence electrons. The lowest BCUT2D eigenvalue weighted by Crippen LogP contribution is -2.48. The lowest BCUT2D eigenvalue weighted by Gasteiger charge is -2.42. The molecule has 0 amide bonds. The molecule has 0 unspecified atom stereocenters. The first-order valence-electron chi connectivity index (χ1n) is 10.7. The van der Waals surface area contributed by atoms with Crippen molar-refractivity contribution in [2.45, 2.75) is 109 Å². The average molecular weight is 383 g/mol. The van der Waals surface area contributed by atoms with Gasteiger partial charge in [-0.25, -0.2) is 0 Å². The number of carbonyl (C=O) groups excluding carboxylic acids is 1. The van der Waals surface area contributed by atoms with Crippen LogP contribution in [0.1, 0.15) is 80.6 Å². The Balaban J connectivity index is 2.50. The first-order valence-corrected chi connectivity index (χ1v) is 12.8. The minimum atomic E-state index is -1.75. The maximum absolute atomic E-state index is 10.5. The van der Waals surface area contributed by atoms with Gasteiger partial charge in [-0.1, -0.05) is 60.6 Å². The molecule has 26 heavy (non-hydrogen) atoms. The molecule has 0 aromatic rings. The van der Waals surface area contributed by atoms with Crippen LogP contribution in [0.3, 0.4) is 0 Å². The third-order valence-corrected chi connectivity index (χ3v) is 12.2. The lowest BCUT2D eigenvalue weighted by molar-refractivity contribution is -0.108. The van der Waals surface area contributed by atoms with E-state index in [1.165, 1.54) is 0 Å². The molecule has 1 rings (SSSR count). The van der Waals surface area contributed by atoms with Crippen LogP contribution in [0.15, 0.2) is 12.2 Å². The highest BCUT2D eigenvalue weighted by Gasteiger charge is 2.44. The van der Waals surface area contributed by atoms with Crippen molar-refractivity contribution in [3.05, 3.63) is 12.2 Å². The van der Waals surface area contributed by atoms with Gasteiger partial charge in [0.2, 0.25) is 0 Å². The smallest absolute Gasteiger partial charge is 0.200 e. The van der Waals surface area contributed by atoms with Crippen molar-refractivity contribution < 1.29 is 14.0 Å². The van der Waals surface area contributed by atoms with Crippen LogP contribution >= 0.6 is 0 Å². The SMILES string of the molecule is CC(C)[Si](OCCC[C@H]1O[C@H](CCCC=O)C=C[C@@H]1C)(C(C)C)C(C)C. The number of aldehydes is 1. The third kappa shape index (κ3) is 6.31. The number of ether oxygens (including phenoxy) is 1. The minimum Gasteiger partial charge on any atom is -0.416 e. The maximum Gasteiger partial charge on any atom is 0.200 e. The Morgan fingerprint density at radius 2 is 1.62 bits per heavy atom. The summed E-state index contributed by atoms with van der Waals surface area (Å²) in [4.78, 5) is 10.5. The summed E-state index contributed by atoms with van der Waals surface area (Å²) >= 11 is 0. The van der Waals surface area contributed by atoms with Crippen LogP contribution in [0.25, 0.3) is 0 Å². The Kier molecular flexibility index (Phi) is 10.3. The molecule has 3 nitrogen and oxygen atoms in total. The second-order valence-electron chi connectivity index (χ2n) is 8.86. The van der Waals surface area contributed by atoms with E-state index in [-0.39, 0.29) is 12.2 Å². The fourth-order valence-corrected chi connectivity index (χ4v) is 10.2. The van der Waals surface area contributed by atoms with E-state index in [0.29, 0.717) is 29.0 Å². The molecule has 0 aliphatic carbocycles. The lowest BCUT2D eigenvalue weighted by atomic mass is 9.95. The molecule has 0 saturated carbocycles. The molecule has 0 fully saturated rings. The van der Waals surface area contributed by atoms with Crippen molar-refractivity contribution in [3.63, 3.8) is 0 Å². The molecular formula is C22H42O3Si. The van der Waals surface area contributed by atoms with Gasteiger partial charge < -0.3 is 14.0 Å². The van der Waals surface area contributed by atoms with E-state index in [4.69, 9.17) is 9.16 Å². The summed E-state index contributed by atoms with van der Waals surface area (Å²) in [6, 6.07) is 0. The van der Waals surface area contributed by atoms with Gasteiger partial charge in [-0.3, -0.25) is 0 Å². The Morgan fingerprint density at radius 1 is 1.00 bits per heavy atom. The second-order valence-corrected chi connectivity index (χ2v) is 14.3. The van der Waals surface area contributed by atoms with Crippen LogP contribution in [0.5, 0.6) is 0 Å². The number of hydrogen-bond acceptors (Lipinski definition) is 3. The highest BCUT2D eigenvalue weighted by atomic mass is 28.4. The average Bonchev–Trinajstić information content (AvgIpc) is 2.56. The number of rotatable bonds is 12. The fourth-order valence-electron chi connectivity index (χ4n) is 4.75. The monoisotopic (exact) mass is 382 g/mol. The number of hydrogen-bond donors (Lipinski definition) is 0. The molecule has 3 atom stereocenters. The zero-order valence-electron chi connectivity index (χ0n) is 18.2. The Labute approximate surface area is 163 Å². The molecular weight excluding hydrogens is 340 g/mol. The molecule has 0 aromatic carbocycles. The number of carbonyl (C=O) groups is 1. The molecule has 1 heterocycles. The summed E-state index contributed by atoms with van der Waals surface area (Å²) in [7, 11) is -1.75. The minimum absolute atomic E-state index is 0.174. The van der Waals surface area contributed by atoms with Crippen LogP contribution in [-0.2, 0) is 14.0 Å². The molecule has 1 aliphatic heterocycles. The van der Waals surface area contributed by atoms with Crippen molar-refractivity contribution >= 4 is 14.6 Å². The normalized spacial score (nSPS) is 24.0. The summed E-state index contributed by atoms with van der Waals surface area (Å²) in [6.45, 7) is 17.1. The van der Waals surface area contributed by atoms with Crippen LogP contribution in [0.2, 0.25) is 16.6 Å². The van der Waals surface area contributed by atoms with Gasteiger partial charge in [0.05, 0.1) is 12.2 Å². The van der Waals surface area contributed by atoms with E-state index in [1.54, 1.807) is 0 Å².